The van der Waals surface area contributed by atoms with Gasteiger partial charge in [-0.05, 0) is 49.5 Å². The minimum absolute atomic E-state index is 0.0101. The van der Waals surface area contributed by atoms with Gasteiger partial charge in [-0.25, -0.2) is 9.18 Å². The van der Waals surface area contributed by atoms with E-state index in [4.69, 9.17) is 10.6 Å². The summed E-state index contributed by atoms with van der Waals surface area (Å²) in [4.78, 5) is 27.3. The van der Waals surface area contributed by atoms with Crippen molar-refractivity contribution in [3.05, 3.63) is 32.7 Å². The van der Waals surface area contributed by atoms with E-state index in [2.05, 4.69) is 0 Å². The molecule has 1 aromatic heterocycles. The lowest BCUT2D eigenvalue weighted by atomic mass is 9.82. The first-order valence-electron chi connectivity index (χ1n) is 10.1. The number of benzene rings is 1. The third-order valence-corrected chi connectivity index (χ3v) is 6.95. The zero-order valence-electron chi connectivity index (χ0n) is 16.4. The number of nitrogens with zero attached hydrogens (tertiary/aromatic N) is 3. The normalized spacial score (nSPS) is 23.0. The molecule has 2 saturated carbocycles. The number of nitrogens with two attached hydrogens (primary N) is 1. The number of piperidine rings is 1. The van der Waals surface area contributed by atoms with Crippen LogP contribution in [0.2, 0.25) is 0 Å². The first kappa shape index (κ1) is 18.5. The first-order chi connectivity index (χ1) is 13.9. The lowest BCUT2D eigenvalue weighted by Gasteiger charge is -2.40. The molecule has 2 aliphatic carbocycles. The number of rotatable bonds is 4. The fraction of sp³-hybridized carbons (Fsp3) is 0.600. The number of aromatic nitrogens is 2. The van der Waals surface area contributed by atoms with Crippen LogP contribution in [0.25, 0.3) is 10.9 Å². The molecule has 9 heteroatoms. The van der Waals surface area contributed by atoms with Gasteiger partial charge in [0.2, 0.25) is 0 Å². The maximum absolute atomic E-state index is 15.3. The second kappa shape index (κ2) is 6.22. The molecule has 1 spiro atoms. The fourth-order valence-electron chi connectivity index (χ4n) is 5.01. The molecule has 1 unspecified atom stereocenters. The van der Waals surface area contributed by atoms with Crippen LogP contribution in [0.5, 0.6) is 5.75 Å². The number of anilines is 1. The number of aliphatic hydroxyl groups excluding tert-OH is 1. The predicted octanol–water partition coefficient (Wildman–Crippen LogP) is 0.958. The summed E-state index contributed by atoms with van der Waals surface area (Å²) in [6.07, 6.45) is 4.38. The Morgan fingerprint density at radius 3 is 2.62 bits per heavy atom. The second-order valence-corrected chi connectivity index (χ2v) is 8.65. The Morgan fingerprint density at radius 1 is 1.31 bits per heavy atom. The fourth-order valence-corrected chi connectivity index (χ4v) is 5.01. The summed E-state index contributed by atoms with van der Waals surface area (Å²) in [7, 11) is 1.43. The number of methoxy groups -OCH3 is 1. The Balaban J connectivity index is 1.74. The number of hydrogen-bond donors (Lipinski definition) is 2. The van der Waals surface area contributed by atoms with Gasteiger partial charge in [-0.15, -0.1) is 0 Å². The van der Waals surface area contributed by atoms with Gasteiger partial charge in [0, 0.05) is 25.7 Å². The molecule has 29 heavy (non-hydrogen) atoms. The van der Waals surface area contributed by atoms with Gasteiger partial charge in [0.15, 0.2) is 11.6 Å². The molecule has 1 saturated heterocycles. The molecule has 5 rings (SSSR count). The molecule has 3 aliphatic rings. The molecule has 156 valence electrons. The molecule has 1 aliphatic heterocycles. The van der Waals surface area contributed by atoms with E-state index in [-0.39, 0.29) is 40.8 Å². The third kappa shape index (κ3) is 2.59. The van der Waals surface area contributed by atoms with Crippen molar-refractivity contribution in [2.45, 2.75) is 38.1 Å². The Kier molecular flexibility index (Phi) is 3.96. The summed E-state index contributed by atoms with van der Waals surface area (Å²) in [5, 5.41) is 9.75. The Morgan fingerprint density at radius 2 is 2.03 bits per heavy atom. The van der Waals surface area contributed by atoms with Gasteiger partial charge >= 0.3 is 5.69 Å². The van der Waals surface area contributed by atoms with Crippen LogP contribution in [0.1, 0.15) is 38.1 Å². The number of fused-ring (bicyclic) bond motifs is 1. The first-order valence-corrected chi connectivity index (χ1v) is 10.1. The van der Waals surface area contributed by atoms with Crippen molar-refractivity contribution in [3.63, 3.8) is 0 Å². The molecular formula is C20H25FN4O4. The van der Waals surface area contributed by atoms with Crippen LogP contribution in [-0.2, 0) is 0 Å². The Hall–Kier alpha value is -2.55. The molecule has 1 atom stereocenters. The smallest absolute Gasteiger partial charge is 0.350 e. The standard InChI is InChI=1S/C20H25FN4O4/c1-29-17-15-13(18(27)25(22)19(28)24(15)12-2-3-12)8-14(21)16(17)23-7-4-11(9-26)20(10-23)5-6-20/h8,11-12,26H,2-7,9-10,22H2,1H3. The molecule has 3 fully saturated rings. The highest BCUT2D eigenvalue weighted by Crippen LogP contribution is 2.57. The van der Waals surface area contributed by atoms with Crippen LogP contribution in [0, 0.1) is 17.2 Å². The Bertz CT molecular complexity index is 1120. The largest absolute Gasteiger partial charge is 0.492 e. The quantitative estimate of drug-likeness (QED) is 0.736. The molecule has 8 nitrogen and oxygen atoms in total. The van der Waals surface area contributed by atoms with Crippen LogP contribution in [0.4, 0.5) is 10.1 Å². The minimum atomic E-state index is -0.733. The van der Waals surface area contributed by atoms with Gasteiger partial charge in [-0.3, -0.25) is 9.36 Å². The van der Waals surface area contributed by atoms with Crippen molar-refractivity contribution in [2.24, 2.45) is 11.3 Å². The highest BCUT2D eigenvalue weighted by Gasteiger charge is 2.52. The molecule has 1 aromatic carbocycles. The average Bonchev–Trinajstić information content (AvgIpc) is 3.64. The SMILES string of the molecule is COc1c(N2CCC(CO)C3(CC3)C2)c(F)cc2c(=O)n(N)c(=O)n(C3CC3)c12. The van der Waals surface area contributed by atoms with Crippen LogP contribution < -0.4 is 26.7 Å². The summed E-state index contributed by atoms with van der Waals surface area (Å²) >= 11 is 0. The minimum Gasteiger partial charge on any atom is -0.492 e. The second-order valence-electron chi connectivity index (χ2n) is 8.65. The molecule has 0 amide bonds. The van der Waals surface area contributed by atoms with E-state index in [0.717, 1.165) is 32.1 Å². The Labute approximate surface area is 166 Å². The van der Waals surface area contributed by atoms with Crippen LogP contribution in [-0.4, -0.2) is 41.2 Å². The predicted molar refractivity (Wildman–Crippen MR) is 106 cm³/mol. The van der Waals surface area contributed by atoms with Gasteiger partial charge in [0.05, 0.1) is 12.5 Å². The summed E-state index contributed by atoms with van der Waals surface area (Å²) in [6, 6.07) is 1.11. The van der Waals surface area contributed by atoms with Crippen molar-refractivity contribution in [1.82, 2.24) is 9.24 Å². The topological polar surface area (TPSA) is 103 Å². The third-order valence-electron chi connectivity index (χ3n) is 6.95. The lowest BCUT2D eigenvalue weighted by molar-refractivity contribution is 0.140. The summed E-state index contributed by atoms with van der Waals surface area (Å²) in [5.74, 6) is 5.55. The van der Waals surface area contributed by atoms with E-state index in [1.54, 1.807) is 0 Å². The molecular weight excluding hydrogens is 379 g/mol. The van der Waals surface area contributed by atoms with Gasteiger partial charge in [-0.1, -0.05) is 0 Å². The summed E-state index contributed by atoms with van der Waals surface area (Å²) in [5.41, 5.74) is -0.736. The zero-order chi connectivity index (χ0) is 20.5. The van der Waals surface area contributed by atoms with E-state index in [9.17, 15) is 14.7 Å². The average molecular weight is 404 g/mol. The highest BCUT2D eigenvalue weighted by atomic mass is 19.1. The number of halogens is 1. The zero-order valence-corrected chi connectivity index (χ0v) is 16.4. The van der Waals surface area contributed by atoms with Crippen molar-refractivity contribution >= 4 is 16.6 Å². The maximum Gasteiger partial charge on any atom is 0.350 e. The van der Waals surface area contributed by atoms with Crippen molar-refractivity contribution in [3.8, 4) is 5.75 Å². The maximum atomic E-state index is 15.3. The number of nitrogen functional groups attached to an aromatic ring is 1. The van der Waals surface area contributed by atoms with Gasteiger partial charge in [0.1, 0.15) is 11.2 Å². The molecule has 2 aromatic rings. The summed E-state index contributed by atoms with van der Waals surface area (Å²) in [6.45, 7) is 1.34. The number of hydrogen-bond acceptors (Lipinski definition) is 6. The monoisotopic (exact) mass is 404 g/mol. The van der Waals surface area contributed by atoms with E-state index in [0.29, 0.717) is 23.3 Å². The van der Waals surface area contributed by atoms with E-state index < -0.39 is 17.1 Å². The molecule has 3 N–H and O–H groups in total. The highest BCUT2D eigenvalue weighted by molar-refractivity contribution is 5.91. The number of aliphatic hydroxyl groups is 1. The van der Waals surface area contributed by atoms with Crippen molar-refractivity contribution in [1.29, 1.82) is 0 Å². The van der Waals surface area contributed by atoms with E-state index >= 15 is 4.39 Å². The lowest BCUT2D eigenvalue weighted by Crippen LogP contribution is -2.45. The van der Waals surface area contributed by atoms with Crippen LogP contribution in [0.3, 0.4) is 0 Å². The van der Waals surface area contributed by atoms with Gasteiger partial charge < -0.3 is 20.6 Å². The molecule has 0 bridgehead atoms. The van der Waals surface area contributed by atoms with Gasteiger partial charge in [-0.2, -0.15) is 4.68 Å². The molecule has 0 radical (unpaired) electrons. The van der Waals surface area contributed by atoms with E-state index in [1.807, 2.05) is 4.90 Å². The van der Waals surface area contributed by atoms with Crippen LogP contribution >= 0.6 is 0 Å². The molecule has 2 heterocycles. The van der Waals surface area contributed by atoms with Crippen LogP contribution in [0.15, 0.2) is 15.7 Å². The number of ether oxygens (including phenoxy) is 1. The summed E-state index contributed by atoms with van der Waals surface area (Å²) < 4.78 is 23.0. The van der Waals surface area contributed by atoms with Crippen molar-refractivity contribution in [2.75, 3.05) is 37.5 Å². The van der Waals surface area contributed by atoms with E-state index in [1.165, 1.54) is 17.7 Å². The van der Waals surface area contributed by atoms with Crippen molar-refractivity contribution < 1.29 is 14.2 Å². The van der Waals surface area contributed by atoms with Gasteiger partial charge in [0.25, 0.3) is 5.56 Å².